The number of esters is 1. The molecule has 0 spiro atoms. The van der Waals surface area contributed by atoms with E-state index in [1.54, 1.807) is 27.7 Å². The van der Waals surface area contributed by atoms with Gasteiger partial charge in [-0.3, -0.25) is 9.59 Å². The van der Waals surface area contributed by atoms with Crippen molar-refractivity contribution in [3.8, 4) is 0 Å². The topological polar surface area (TPSA) is 72.9 Å². The van der Waals surface area contributed by atoms with Crippen LogP contribution < -0.4 is 0 Å². The monoisotopic (exact) mass is 271 g/mol. The largest absolute Gasteiger partial charge is 0.466 e. The van der Waals surface area contributed by atoms with Gasteiger partial charge in [-0.15, -0.1) is 0 Å². The molecule has 1 rings (SSSR count). The minimum Gasteiger partial charge on any atom is -0.466 e. The zero-order chi connectivity index (χ0) is 14.6. The number of rotatable bonds is 3. The van der Waals surface area contributed by atoms with Gasteiger partial charge < -0.3 is 9.47 Å². The van der Waals surface area contributed by atoms with Crippen molar-refractivity contribution in [2.24, 2.45) is 5.92 Å². The Balaban J connectivity index is 2.53. The highest BCUT2D eigenvalue weighted by Gasteiger charge is 2.37. The number of amides is 2. The number of nitrogens with zero attached hydrogens (tertiary/aromatic N) is 1. The summed E-state index contributed by atoms with van der Waals surface area (Å²) in [4.78, 5) is 35.9. The van der Waals surface area contributed by atoms with E-state index in [2.05, 4.69) is 0 Å². The minimum absolute atomic E-state index is 0.152. The van der Waals surface area contributed by atoms with E-state index >= 15 is 0 Å². The first kappa shape index (κ1) is 15.5. The summed E-state index contributed by atoms with van der Waals surface area (Å²) in [7, 11) is 0. The molecule has 1 saturated heterocycles. The van der Waals surface area contributed by atoms with Crippen molar-refractivity contribution in [2.75, 3.05) is 13.2 Å². The Labute approximate surface area is 113 Å². The van der Waals surface area contributed by atoms with Gasteiger partial charge in [0, 0.05) is 13.0 Å². The van der Waals surface area contributed by atoms with Crippen LogP contribution in [0.15, 0.2) is 0 Å². The van der Waals surface area contributed by atoms with E-state index in [4.69, 9.17) is 9.47 Å². The fourth-order valence-corrected chi connectivity index (χ4v) is 1.87. The van der Waals surface area contributed by atoms with Crippen molar-refractivity contribution < 1.29 is 23.9 Å². The number of carbonyl (C=O) groups is 3. The number of hydrogen-bond donors (Lipinski definition) is 0. The molecule has 6 heteroatoms. The third kappa shape index (κ3) is 4.89. The molecule has 0 bridgehead atoms. The van der Waals surface area contributed by atoms with Gasteiger partial charge in [0.2, 0.25) is 5.91 Å². The van der Waals surface area contributed by atoms with Crippen LogP contribution in [0, 0.1) is 5.92 Å². The fraction of sp³-hybridized carbons (Fsp3) is 0.769. The van der Waals surface area contributed by atoms with Crippen LogP contribution in [-0.4, -0.2) is 41.6 Å². The summed E-state index contributed by atoms with van der Waals surface area (Å²) in [6, 6.07) is 0. The van der Waals surface area contributed by atoms with Gasteiger partial charge in [-0.1, -0.05) is 0 Å². The molecule has 0 N–H and O–H groups in total. The van der Waals surface area contributed by atoms with Gasteiger partial charge in [0.05, 0.1) is 13.0 Å². The van der Waals surface area contributed by atoms with Gasteiger partial charge in [-0.05, 0) is 33.6 Å². The Hall–Kier alpha value is -1.59. The van der Waals surface area contributed by atoms with E-state index in [0.717, 1.165) is 4.90 Å². The van der Waals surface area contributed by atoms with Crippen molar-refractivity contribution in [3.05, 3.63) is 0 Å². The van der Waals surface area contributed by atoms with E-state index < -0.39 is 11.7 Å². The lowest BCUT2D eigenvalue weighted by atomic mass is 10.1. The average molecular weight is 271 g/mol. The van der Waals surface area contributed by atoms with Gasteiger partial charge in [0.25, 0.3) is 0 Å². The standard InChI is InChI=1S/C13H21NO5/c1-5-18-11(16)7-9-6-10(15)14(8-9)12(17)19-13(2,3)4/h9H,5-8H2,1-4H3. The molecule has 0 aliphatic carbocycles. The lowest BCUT2D eigenvalue weighted by molar-refractivity contribution is -0.144. The lowest BCUT2D eigenvalue weighted by Gasteiger charge is -2.23. The van der Waals surface area contributed by atoms with Crippen molar-refractivity contribution in [1.29, 1.82) is 0 Å². The van der Waals surface area contributed by atoms with Gasteiger partial charge >= 0.3 is 12.1 Å². The summed E-state index contributed by atoms with van der Waals surface area (Å²) < 4.78 is 9.97. The molecule has 1 heterocycles. The van der Waals surface area contributed by atoms with E-state index in [1.807, 2.05) is 0 Å². The summed E-state index contributed by atoms with van der Waals surface area (Å²) in [6.07, 6.45) is -0.319. The number of ether oxygens (including phenoxy) is 2. The van der Waals surface area contributed by atoms with Crippen LogP contribution >= 0.6 is 0 Å². The van der Waals surface area contributed by atoms with Crippen molar-refractivity contribution >= 4 is 18.0 Å². The Bertz CT molecular complexity index is 372. The van der Waals surface area contributed by atoms with Crippen molar-refractivity contribution in [3.63, 3.8) is 0 Å². The third-order valence-electron chi connectivity index (χ3n) is 2.58. The molecule has 0 aromatic heterocycles. The van der Waals surface area contributed by atoms with Gasteiger partial charge in [0.1, 0.15) is 5.60 Å². The van der Waals surface area contributed by atoms with E-state index in [1.165, 1.54) is 0 Å². The molecule has 1 atom stereocenters. The van der Waals surface area contributed by atoms with Crippen LogP contribution in [0.4, 0.5) is 4.79 Å². The molecule has 2 amide bonds. The summed E-state index contributed by atoms with van der Waals surface area (Å²) >= 11 is 0. The zero-order valence-corrected chi connectivity index (χ0v) is 11.9. The minimum atomic E-state index is -0.649. The second-order valence-electron chi connectivity index (χ2n) is 5.56. The van der Waals surface area contributed by atoms with Gasteiger partial charge in [-0.2, -0.15) is 0 Å². The normalized spacial score (nSPS) is 19.5. The predicted octanol–water partition coefficient (Wildman–Crippen LogP) is 1.72. The maximum absolute atomic E-state index is 11.8. The molecule has 1 aliphatic heterocycles. The summed E-state index contributed by atoms with van der Waals surface area (Å²) in [5, 5.41) is 0. The molecule has 1 aliphatic rings. The highest BCUT2D eigenvalue weighted by molar-refractivity contribution is 5.94. The number of imide groups is 1. The van der Waals surface area contributed by atoms with Crippen LogP contribution in [0.2, 0.25) is 0 Å². The van der Waals surface area contributed by atoms with E-state index in [9.17, 15) is 14.4 Å². The second-order valence-corrected chi connectivity index (χ2v) is 5.56. The van der Waals surface area contributed by atoms with Crippen molar-refractivity contribution in [2.45, 2.75) is 46.1 Å². The molecular formula is C13H21NO5. The third-order valence-corrected chi connectivity index (χ3v) is 2.58. The van der Waals surface area contributed by atoms with Crippen LogP contribution in [0.1, 0.15) is 40.5 Å². The number of likely N-dealkylation sites (tertiary alicyclic amines) is 1. The number of carbonyl (C=O) groups excluding carboxylic acids is 3. The smallest absolute Gasteiger partial charge is 0.417 e. The van der Waals surface area contributed by atoms with E-state index in [-0.39, 0.29) is 37.2 Å². The Morgan fingerprint density at radius 1 is 1.37 bits per heavy atom. The molecule has 0 saturated carbocycles. The Morgan fingerprint density at radius 3 is 2.53 bits per heavy atom. The lowest BCUT2D eigenvalue weighted by Crippen LogP contribution is -2.37. The highest BCUT2D eigenvalue weighted by Crippen LogP contribution is 2.23. The van der Waals surface area contributed by atoms with E-state index in [0.29, 0.717) is 6.61 Å². The first-order chi connectivity index (χ1) is 8.73. The average Bonchev–Trinajstić information content (AvgIpc) is 2.57. The van der Waals surface area contributed by atoms with Crippen molar-refractivity contribution in [1.82, 2.24) is 4.90 Å². The summed E-state index contributed by atoms with van der Waals surface area (Å²) in [5.74, 6) is -0.825. The number of hydrogen-bond acceptors (Lipinski definition) is 5. The summed E-state index contributed by atoms with van der Waals surface area (Å²) in [6.45, 7) is 7.47. The van der Waals surface area contributed by atoms with Gasteiger partial charge in [-0.25, -0.2) is 9.69 Å². The molecule has 19 heavy (non-hydrogen) atoms. The van der Waals surface area contributed by atoms with Crippen LogP contribution in [-0.2, 0) is 19.1 Å². The molecule has 6 nitrogen and oxygen atoms in total. The fourth-order valence-electron chi connectivity index (χ4n) is 1.87. The van der Waals surface area contributed by atoms with Crippen LogP contribution in [0.3, 0.4) is 0 Å². The maximum atomic E-state index is 11.8. The molecule has 1 unspecified atom stereocenters. The zero-order valence-electron chi connectivity index (χ0n) is 11.9. The maximum Gasteiger partial charge on any atom is 0.417 e. The van der Waals surface area contributed by atoms with Crippen LogP contribution in [0.5, 0.6) is 0 Å². The Kier molecular flexibility index (Phi) is 4.91. The van der Waals surface area contributed by atoms with Crippen LogP contribution in [0.25, 0.3) is 0 Å². The molecule has 1 fully saturated rings. The second kappa shape index (κ2) is 6.04. The summed E-state index contributed by atoms with van der Waals surface area (Å²) in [5.41, 5.74) is -0.642. The molecule has 108 valence electrons. The first-order valence-electron chi connectivity index (χ1n) is 6.42. The predicted molar refractivity (Wildman–Crippen MR) is 67.3 cm³/mol. The molecular weight excluding hydrogens is 250 g/mol. The van der Waals surface area contributed by atoms with Gasteiger partial charge in [0.15, 0.2) is 0 Å². The quantitative estimate of drug-likeness (QED) is 0.731. The molecule has 0 aromatic carbocycles. The Morgan fingerprint density at radius 2 is 2.00 bits per heavy atom. The highest BCUT2D eigenvalue weighted by atomic mass is 16.6. The SMILES string of the molecule is CCOC(=O)CC1CC(=O)N(C(=O)OC(C)(C)C)C1. The first-order valence-corrected chi connectivity index (χ1v) is 6.42. The molecule has 0 aromatic rings. The molecule has 0 radical (unpaired) electrons.